The van der Waals surface area contributed by atoms with Crippen LogP contribution in [0, 0.1) is 22.7 Å². The van der Waals surface area contributed by atoms with Gasteiger partial charge < -0.3 is 4.57 Å². The van der Waals surface area contributed by atoms with Crippen molar-refractivity contribution < 1.29 is 0 Å². The Morgan fingerprint density at radius 1 is 1.39 bits per heavy atom. The van der Waals surface area contributed by atoms with Gasteiger partial charge in [-0.05, 0) is 30.5 Å². The van der Waals surface area contributed by atoms with E-state index in [1.807, 2.05) is 12.1 Å². The van der Waals surface area contributed by atoms with Crippen molar-refractivity contribution in [3.8, 4) is 6.07 Å². The van der Waals surface area contributed by atoms with Crippen LogP contribution in [0.4, 0.5) is 0 Å². The second-order valence-electron chi connectivity index (χ2n) is 5.94. The minimum absolute atomic E-state index is 0.104. The lowest BCUT2D eigenvalue weighted by Crippen LogP contribution is -2.28. The van der Waals surface area contributed by atoms with Gasteiger partial charge in [0.2, 0.25) is 0 Å². The van der Waals surface area contributed by atoms with Crippen molar-refractivity contribution in [3.63, 3.8) is 0 Å². The van der Waals surface area contributed by atoms with Crippen molar-refractivity contribution in [2.24, 2.45) is 5.92 Å². The minimum Gasteiger partial charge on any atom is -0.310 e. The van der Waals surface area contributed by atoms with Crippen LogP contribution in [0.2, 0.25) is 0 Å². The Morgan fingerprint density at radius 2 is 2.17 bits per heavy atom. The van der Waals surface area contributed by atoms with Gasteiger partial charge in [0.15, 0.2) is 0 Å². The van der Waals surface area contributed by atoms with Crippen LogP contribution in [0.3, 0.4) is 0 Å². The molecule has 0 amide bonds. The van der Waals surface area contributed by atoms with E-state index >= 15 is 0 Å². The summed E-state index contributed by atoms with van der Waals surface area (Å²) >= 11 is 0. The normalized spacial score (nSPS) is 11.2. The van der Waals surface area contributed by atoms with Crippen molar-refractivity contribution in [2.45, 2.75) is 26.8 Å². The van der Waals surface area contributed by atoms with Crippen LogP contribution in [0.1, 0.15) is 25.8 Å². The number of nitrogens with zero attached hydrogens (tertiary/aromatic N) is 4. The Bertz CT molecular complexity index is 1050. The maximum absolute atomic E-state index is 12.7. The predicted octanol–water partition coefficient (Wildman–Crippen LogP) is 2.05. The first-order valence-corrected chi connectivity index (χ1v) is 7.52. The molecule has 0 radical (unpaired) electrons. The lowest BCUT2D eigenvalue weighted by Gasteiger charge is -2.13. The lowest BCUT2D eigenvalue weighted by atomic mass is 10.1. The van der Waals surface area contributed by atoms with Crippen LogP contribution in [-0.2, 0) is 6.54 Å². The first kappa shape index (κ1) is 15.0. The Hall–Kier alpha value is -2.94. The highest BCUT2D eigenvalue weighted by Crippen LogP contribution is 2.11. The van der Waals surface area contributed by atoms with E-state index in [2.05, 4.69) is 18.8 Å². The summed E-state index contributed by atoms with van der Waals surface area (Å²) < 4.78 is 3.13. The van der Waals surface area contributed by atoms with Gasteiger partial charge in [0, 0.05) is 12.7 Å². The summed E-state index contributed by atoms with van der Waals surface area (Å²) in [6.45, 7) is 4.74. The van der Waals surface area contributed by atoms with Crippen molar-refractivity contribution >= 4 is 16.7 Å². The molecule has 0 spiro atoms. The molecule has 0 aliphatic heterocycles. The zero-order valence-corrected chi connectivity index (χ0v) is 13.1. The highest BCUT2D eigenvalue weighted by Gasteiger charge is 2.13. The average molecular weight is 307 g/mol. The molecule has 3 heterocycles. The molecule has 0 aliphatic rings. The fraction of sp³-hybridized carbons (Fsp3) is 0.294. The van der Waals surface area contributed by atoms with Gasteiger partial charge in [0.05, 0.1) is 10.9 Å². The molecule has 1 N–H and O–H groups in total. The maximum atomic E-state index is 12.7. The van der Waals surface area contributed by atoms with Crippen LogP contribution in [0.15, 0.2) is 35.3 Å². The van der Waals surface area contributed by atoms with Crippen LogP contribution in [0.5, 0.6) is 0 Å². The molecule has 0 saturated carbocycles. The zero-order chi connectivity index (χ0) is 16.6. The molecule has 3 aromatic rings. The van der Waals surface area contributed by atoms with E-state index in [4.69, 9.17) is 5.41 Å². The second kappa shape index (κ2) is 5.69. The SMILES string of the molecule is CC(C)CCn1c(=N)c(C#N)cc2c(=O)n3ccccc3nc21. The van der Waals surface area contributed by atoms with Gasteiger partial charge in [-0.3, -0.25) is 14.6 Å². The third-order valence-corrected chi connectivity index (χ3v) is 3.87. The Labute approximate surface area is 132 Å². The molecule has 3 rings (SSSR count). The van der Waals surface area contributed by atoms with Gasteiger partial charge in [-0.25, -0.2) is 4.98 Å². The summed E-state index contributed by atoms with van der Waals surface area (Å²) in [5.74, 6) is 0.448. The van der Waals surface area contributed by atoms with Gasteiger partial charge in [0.25, 0.3) is 5.56 Å². The Balaban J connectivity index is 2.43. The van der Waals surface area contributed by atoms with Crippen molar-refractivity contribution in [3.05, 3.63) is 51.9 Å². The molecular weight excluding hydrogens is 290 g/mol. The van der Waals surface area contributed by atoms with Gasteiger partial charge in [0.1, 0.15) is 22.9 Å². The van der Waals surface area contributed by atoms with Crippen LogP contribution in [0.25, 0.3) is 16.7 Å². The standard InChI is InChI=1S/C17H17N5O/c1-11(2)6-8-22-15(19)12(10-18)9-13-16(22)20-14-5-3-4-7-21(14)17(13)23/h3-5,7,9,11,19H,6,8H2,1-2H3. The molecule has 3 aromatic heterocycles. The lowest BCUT2D eigenvalue weighted by molar-refractivity contribution is 0.510. The fourth-order valence-electron chi connectivity index (χ4n) is 2.58. The molecule has 0 atom stereocenters. The molecule has 0 aromatic carbocycles. The number of pyridine rings is 2. The van der Waals surface area contributed by atoms with E-state index in [-0.39, 0.29) is 16.6 Å². The summed E-state index contributed by atoms with van der Waals surface area (Å²) in [4.78, 5) is 17.2. The Morgan fingerprint density at radius 3 is 2.87 bits per heavy atom. The molecule has 0 fully saturated rings. The summed E-state index contributed by atoms with van der Waals surface area (Å²) in [6, 6.07) is 8.82. The fourth-order valence-corrected chi connectivity index (χ4v) is 2.58. The summed E-state index contributed by atoms with van der Waals surface area (Å²) in [5, 5.41) is 17.9. The van der Waals surface area contributed by atoms with Crippen LogP contribution in [-0.4, -0.2) is 14.0 Å². The van der Waals surface area contributed by atoms with E-state index in [1.165, 1.54) is 10.5 Å². The van der Waals surface area contributed by atoms with Crippen LogP contribution >= 0.6 is 0 Å². The number of aryl methyl sites for hydroxylation is 1. The summed E-state index contributed by atoms with van der Waals surface area (Å²) in [6.07, 6.45) is 2.50. The number of nitrogens with one attached hydrogen (secondary N) is 1. The largest absolute Gasteiger partial charge is 0.310 e. The Kier molecular flexibility index (Phi) is 3.70. The van der Waals surface area contributed by atoms with Crippen molar-refractivity contribution in [1.29, 1.82) is 10.7 Å². The first-order valence-electron chi connectivity index (χ1n) is 7.52. The second-order valence-corrected chi connectivity index (χ2v) is 5.94. The van der Waals surface area contributed by atoms with Crippen molar-refractivity contribution in [2.75, 3.05) is 0 Å². The number of nitriles is 1. The predicted molar refractivity (Wildman–Crippen MR) is 87.0 cm³/mol. The van der Waals surface area contributed by atoms with Gasteiger partial charge in [-0.1, -0.05) is 19.9 Å². The molecule has 6 heteroatoms. The number of hydrogen-bond acceptors (Lipinski definition) is 4. The minimum atomic E-state index is -0.222. The quantitative estimate of drug-likeness (QED) is 0.751. The molecule has 0 unspecified atom stereocenters. The van der Waals surface area contributed by atoms with E-state index in [0.717, 1.165) is 6.42 Å². The highest BCUT2D eigenvalue weighted by atomic mass is 16.1. The third kappa shape index (κ3) is 2.50. The highest BCUT2D eigenvalue weighted by molar-refractivity contribution is 5.77. The van der Waals surface area contributed by atoms with Crippen molar-refractivity contribution in [1.82, 2.24) is 14.0 Å². The molecule has 6 nitrogen and oxygen atoms in total. The number of aromatic nitrogens is 3. The average Bonchev–Trinajstić information content (AvgIpc) is 2.54. The van der Waals surface area contributed by atoms with Gasteiger partial charge in [-0.2, -0.15) is 5.26 Å². The van der Waals surface area contributed by atoms with Gasteiger partial charge in [-0.15, -0.1) is 0 Å². The van der Waals surface area contributed by atoms with E-state index < -0.39 is 0 Å². The molecule has 0 bridgehead atoms. The van der Waals surface area contributed by atoms with Crippen LogP contribution < -0.4 is 11.0 Å². The van der Waals surface area contributed by atoms with E-state index in [9.17, 15) is 10.1 Å². The zero-order valence-electron chi connectivity index (χ0n) is 13.1. The number of rotatable bonds is 3. The summed E-state index contributed by atoms with van der Waals surface area (Å²) in [7, 11) is 0. The number of fused-ring (bicyclic) bond motifs is 2. The monoisotopic (exact) mass is 307 g/mol. The molecule has 0 aliphatic carbocycles. The van der Waals surface area contributed by atoms with E-state index in [1.54, 1.807) is 22.9 Å². The molecular formula is C17H17N5O. The summed E-state index contributed by atoms with van der Waals surface area (Å²) in [5.41, 5.74) is 1.07. The first-order chi connectivity index (χ1) is 11.0. The smallest absolute Gasteiger partial charge is 0.267 e. The number of hydrogen-bond donors (Lipinski definition) is 1. The van der Waals surface area contributed by atoms with Gasteiger partial charge >= 0.3 is 0 Å². The topological polar surface area (TPSA) is 86.9 Å². The molecule has 116 valence electrons. The maximum Gasteiger partial charge on any atom is 0.267 e. The molecule has 0 saturated heterocycles. The third-order valence-electron chi connectivity index (χ3n) is 3.87. The molecule has 23 heavy (non-hydrogen) atoms. The van der Waals surface area contributed by atoms with E-state index in [0.29, 0.717) is 29.1 Å².